The van der Waals surface area contributed by atoms with Crippen molar-refractivity contribution in [3.8, 4) is 5.75 Å². The van der Waals surface area contributed by atoms with Gasteiger partial charge in [0.25, 0.3) is 10.0 Å². The highest BCUT2D eigenvalue weighted by Gasteiger charge is 2.35. The van der Waals surface area contributed by atoms with Gasteiger partial charge < -0.3 is 15.0 Å². The molecule has 0 bridgehead atoms. The summed E-state index contributed by atoms with van der Waals surface area (Å²) in [6, 6.07) is 18.5. The van der Waals surface area contributed by atoms with Gasteiger partial charge in [-0.2, -0.15) is 0 Å². The molecule has 11 heteroatoms. The Morgan fingerprint density at radius 1 is 0.951 bits per heavy atom. The number of anilines is 1. The molecule has 3 rings (SSSR count). The summed E-state index contributed by atoms with van der Waals surface area (Å²) in [5.74, 6) is -0.322. The number of benzene rings is 3. The Hall–Kier alpha value is -3.27. The van der Waals surface area contributed by atoms with Crippen molar-refractivity contribution in [1.29, 1.82) is 0 Å². The number of nitrogens with one attached hydrogen (secondary N) is 1. The zero-order chi connectivity index (χ0) is 30.2. The number of amides is 2. The minimum absolute atomic E-state index is 0.0117. The van der Waals surface area contributed by atoms with Gasteiger partial charge in [0.1, 0.15) is 18.3 Å². The van der Waals surface area contributed by atoms with Crippen LogP contribution in [-0.4, -0.2) is 50.9 Å². The third-order valence-electron chi connectivity index (χ3n) is 6.68. The van der Waals surface area contributed by atoms with Crippen molar-refractivity contribution < 1.29 is 22.7 Å². The standard InChI is InChI=1S/C30H35Cl2N3O5S/c1-5-21(3)33-30(37)26(6-2)34(19-22-12-10-13-23(18-22)40-4)28(36)20-35(27-17-11-16-25(31)29(27)32)41(38,39)24-14-8-7-9-15-24/h7-18,21,26H,5-6,19-20H2,1-4H3,(H,33,37)/t21-,26-/m0/s1. The van der Waals surface area contributed by atoms with Gasteiger partial charge in [0.15, 0.2) is 0 Å². The number of halogens is 2. The minimum atomic E-state index is -4.26. The van der Waals surface area contributed by atoms with E-state index in [1.807, 2.05) is 19.9 Å². The van der Waals surface area contributed by atoms with Crippen LogP contribution in [0.25, 0.3) is 0 Å². The van der Waals surface area contributed by atoms with E-state index in [9.17, 15) is 18.0 Å². The molecule has 0 fully saturated rings. The van der Waals surface area contributed by atoms with E-state index in [2.05, 4.69) is 5.32 Å². The van der Waals surface area contributed by atoms with Gasteiger partial charge in [-0.05, 0) is 61.7 Å². The summed E-state index contributed by atoms with van der Waals surface area (Å²) in [6.45, 7) is 5.07. The zero-order valence-electron chi connectivity index (χ0n) is 23.5. The molecule has 1 N–H and O–H groups in total. The normalized spacial score (nSPS) is 12.7. The first-order chi connectivity index (χ1) is 19.5. The number of hydrogen-bond donors (Lipinski definition) is 1. The van der Waals surface area contributed by atoms with Crippen molar-refractivity contribution >= 4 is 50.7 Å². The van der Waals surface area contributed by atoms with Gasteiger partial charge in [0.2, 0.25) is 11.8 Å². The highest BCUT2D eigenvalue weighted by atomic mass is 35.5. The van der Waals surface area contributed by atoms with Gasteiger partial charge in [0.05, 0.1) is 27.7 Å². The van der Waals surface area contributed by atoms with Crippen LogP contribution in [0.1, 0.15) is 39.2 Å². The van der Waals surface area contributed by atoms with E-state index >= 15 is 0 Å². The summed E-state index contributed by atoms with van der Waals surface area (Å²) in [5, 5.41) is 3.08. The van der Waals surface area contributed by atoms with E-state index in [-0.39, 0.29) is 39.1 Å². The van der Waals surface area contributed by atoms with Crippen molar-refractivity contribution in [1.82, 2.24) is 10.2 Å². The minimum Gasteiger partial charge on any atom is -0.497 e. The van der Waals surface area contributed by atoms with E-state index in [0.717, 1.165) is 4.31 Å². The Kier molecular flexibility index (Phi) is 11.5. The smallest absolute Gasteiger partial charge is 0.264 e. The van der Waals surface area contributed by atoms with Crippen molar-refractivity contribution in [3.05, 3.63) is 88.4 Å². The maximum absolute atomic E-state index is 14.2. The molecule has 3 aromatic rings. The number of carbonyl (C=O) groups excluding carboxylic acids is 2. The molecule has 0 aliphatic heterocycles. The van der Waals surface area contributed by atoms with E-state index < -0.39 is 28.5 Å². The largest absolute Gasteiger partial charge is 0.497 e. The Bertz CT molecular complexity index is 1450. The number of hydrogen-bond acceptors (Lipinski definition) is 5. The van der Waals surface area contributed by atoms with Crippen LogP contribution < -0.4 is 14.4 Å². The first-order valence-corrected chi connectivity index (χ1v) is 15.5. The van der Waals surface area contributed by atoms with Gasteiger partial charge in [-0.3, -0.25) is 13.9 Å². The predicted octanol–water partition coefficient (Wildman–Crippen LogP) is 5.92. The SMILES string of the molecule is CC[C@H](C)NC(=O)[C@H](CC)N(Cc1cccc(OC)c1)C(=O)CN(c1cccc(Cl)c1Cl)S(=O)(=O)c1ccccc1. The quantitative estimate of drug-likeness (QED) is 0.256. The van der Waals surface area contributed by atoms with Crippen molar-refractivity contribution in [2.24, 2.45) is 0 Å². The Morgan fingerprint density at radius 3 is 2.27 bits per heavy atom. The van der Waals surface area contributed by atoms with Gasteiger partial charge >= 0.3 is 0 Å². The van der Waals surface area contributed by atoms with Crippen LogP contribution >= 0.6 is 23.2 Å². The fraction of sp³-hybridized carbons (Fsp3) is 0.333. The third kappa shape index (κ3) is 7.93. The lowest BCUT2D eigenvalue weighted by Gasteiger charge is -2.34. The molecule has 0 aromatic heterocycles. The topological polar surface area (TPSA) is 96.0 Å². The lowest BCUT2D eigenvalue weighted by Crippen LogP contribution is -2.53. The molecule has 0 aliphatic carbocycles. The van der Waals surface area contributed by atoms with Crippen LogP contribution in [0.2, 0.25) is 10.0 Å². The summed E-state index contributed by atoms with van der Waals surface area (Å²) in [7, 11) is -2.72. The van der Waals surface area contributed by atoms with E-state index in [1.165, 1.54) is 36.3 Å². The summed E-state index contributed by atoms with van der Waals surface area (Å²) < 4.78 is 34.1. The lowest BCUT2D eigenvalue weighted by atomic mass is 10.1. The second kappa shape index (κ2) is 14.6. The summed E-state index contributed by atoms with van der Waals surface area (Å²) >= 11 is 12.7. The molecule has 0 radical (unpaired) electrons. The molecule has 8 nitrogen and oxygen atoms in total. The second-order valence-electron chi connectivity index (χ2n) is 9.51. The number of rotatable bonds is 13. The molecule has 0 unspecified atom stereocenters. The third-order valence-corrected chi connectivity index (χ3v) is 9.27. The summed E-state index contributed by atoms with van der Waals surface area (Å²) in [5.41, 5.74) is 0.764. The fourth-order valence-electron chi connectivity index (χ4n) is 4.25. The monoisotopic (exact) mass is 619 g/mol. The highest BCUT2D eigenvalue weighted by molar-refractivity contribution is 7.92. The Balaban J connectivity index is 2.10. The van der Waals surface area contributed by atoms with Crippen LogP contribution in [0, 0.1) is 0 Å². The maximum Gasteiger partial charge on any atom is 0.264 e. The molecule has 41 heavy (non-hydrogen) atoms. The fourth-order valence-corrected chi connectivity index (χ4v) is 6.14. The van der Waals surface area contributed by atoms with Gasteiger partial charge in [-0.15, -0.1) is 0 Å². The van der Waals surface area contributed by atoms with Crippen LogP contribution in [0.3, 0.4) is 0 Å². The van der Waals surface area contributed by atoms with Crippen LogP contribution in [0.15, 0.2) is 77.7 Å². The summed E-state index contributed by atoms with van der Waals surface area (Å²) in [4.78, 5) is 28.9. The second-order valence-corrected chi connectivity index (χ2v) is 12.2. The molecule has 0 saturated heterocycles. The number of sulfonamides is 1. The molecule has 0 heterocycles. The molecule has 0 spiro atoms. The van der Waals surface area contributed by atoms with E-state index in [4.69, 9.17) is 27.9 Å². The van der Waals surface area contributed by atoms with Crippen LogP contribution in [0.4, 0.5) is 5.69 Å². The van der Waals surface area contributed by atoms with Gasteiger partial charge in [0, 0.05) is 12.6 Å². The first-order valence-electron chi connectivity index (χ1n) is 13.3. The molecular formula is C30H35Cl2N3O5S. The van der Waals surface area contributed by atoms with E-state index in [0.29, 0.717) is 24.2 Å². The average Bonchev–Trinajstić information content (AvgIpc) is 2.97. The van der Waals surface area contributed by atoms with Crippen LogP contribution in [-0.2, 0) is 26.2 Å². The molecule has 3 aromatic carbocycles. The molecule has 0 aliphatic rings. The average molecular weight is 621 g/mol. The highest BCUT2D eigenvalue weighted by Crippen LogP contribution is 2.35. The molecule has 2 atom stereocenters. The maximum atomic E-state index is 14.2. The number of carbonyl (C=O) groups is 2. The predicted molar refractivity (Wildman–Crippen MR) is 163 cm³/mol. The van der Waals surface area contributed by atoms with Crippen molar-refractivity contribution in [3.63, 3.8) is 0 Å². The lowest BCUT2D eigenvalue weighted by molar-refractivity contribution is -0.140. The van der Waals surface area contributed by atoms with Crippen LogP contribution in [0.5, 0.6) is 5.75 Å². The first kappa shape index (κ1) is 32.2. The van der Waals surface area contributed by atoms with Gasteiger partial charge in [-0.1, -0.05) is 73.4 Å². The molecule has 220 valence electrons. The Labute approximate surface area is 252 Å². The number of nitrogens with zero attached hydrogens (tertiary/aromatic N) is 2. The number of methoxy groups -OCH3 is 1. The molecule has 2 amide bonds. The van der Waals surface area contributed by atoms with Gasteiger partial charge in [-0.25, -0.2) is 8.42 Å². The molecule has 0 saturated carbocycles. The molecular weight excluding hydrogens is 585 g/mol. The van der Waals surface area contributed by atoms with E-state index in [1.54, 1.807) is 49.4 Å². The van der Waals surface area contributed by atoms with Crippen molar-refractivity contribution in [2.75, 3.05) is 18.0 Å². The number of ether oxygens (including phenoxy) is 1. The Morgan fingerprint density at radius 2 is 1.63 bits per heavy atom. The summed E-state index contributed by atoms with van der Waals surface area (Å²) in [6.07, 6.45) is 1.02. The van der Waals surface area contributed by atoms with Crippen molar-refractivity contribution in [2.45, 2.75) is 57.1 Å². The zero-order valence-corrected chi connectivity index (χ0v) is 25.8.